The number of hydrogen-bond acceptors (Lipinski definition) is 4. The summed E-state index contributed by atoms with van der Waals surface area (Å²) in [4.78, 5) is 22.3. The van der Waals surface area contributed by atoms with Crippen LogP contribution in [0.4, 0.5) is 0 Å². The molecule has 5 heteroatoms. The van der Waals surface area contributed by atoms with E-state index in [4.69, 9.17) is 0 Å². The van der Waals surface area contributed by atoms with Crippen LogP contribution in [0.2, 0.25) is 0 Å². The van der Waals surface area contributed by atoms with Crippen molar-refractivity contribution in [1.82, 2.24) is 14.9 Å². The maximum atomic E-state index is 12.2. The molecule has 0 radical (unpaired) electrons. The van der Waals surface area contributed by atoms with E-state index in [9.17, 15) is 4.79 Å². The zero-order valence-corrected chi connectivity index (χ0v) is 12.9. The summed E-state index contributed by atoms with van der Waals surface area (Å²) in [7, 11) is 0. The Bertz CT molecular complexity index is 707. The highest BCUT2D eigenvalue weighted by molar-refractivity contribution is 7.07. The minimum Gasteiger partial charge on any atom is -0.311 e. The molecule has 2 bridgehead atoms. The van der Waals surface area contributed by atoms with E-state index in [1.54, 1.807) is 11.3 Å². The van der Waals surface area contributed by atoms with E-state index in [0.717, 1.165) is 36.5 Å². The minimum atomic E-state index is 0.0699. The Hall–Kier alpha value is -1.46. The summed E-state index contributed by atoms with van der Waals surface area (Å²) >= 11 is 1.75. The number of H-pyrrole nitrogens is 1. The van der Waals surface area contributed by atoms with E-state index >= 15 is 0 Å². The topological polar surface area (TPSA) is 49.0 Å². The lowest BCUT2D eigenvalue weighted by Gasteiger charge is -2.27. The van der Waals surface area contributed by atoms with Crippen LogP contribution in [0.1, 0.15) is 35.5 Å². The lowest BCUT2D eigenvalue weighted by atomic mass is 9.98. The number of aromatic amines is 1. The zero-order valence-electron chi connectivity index (χ0n) is 12.1. The Labute approximate surface area is 127 Å². The summed E-state index contributed by atoms with van der Waals surface area (Å²) in [5.74, 6) is 0.737. The quantitative estimate of drug-likeness (QED) is 0.926. The lowest BCUT2D eigenvalue weighted by Crippen LogP contribution is -2.36. The van der Waals surface area contributed by atoms with Crippen molar-refractivity contribution < 1.29 is 0 Å². The highest BCUT2D eigenvalue weighted by Gasteiger charge is 2.38. The van der Waals surface area contributed by atoms with E-state index in [1.165, 1.54) is 18.4 Å². The zero-order chi connectivity index (χ0) is 14.4. The average Bonchev–Trinajstić information content (AvgIpc) is 3.01. The van der Waals surface area contributed by atoms with E-state index < -0.39 is 0 Å². The first kappa shape index (κ1) is 13.2. The summed E-state index contributed by atoms with van der Waals surface area (Å²) in [5, 5.41) is 4.37. The lowest BCUT2D eigenvalue weighted by molar-refractivity contribution is 0.188. The fourth-order valence-corrected chi connectivity index (χ4v) is 4.47. The number of nitrogens with one attached hydrogen (secondary N) is 1. The molecule has 4 heterocycles. The van der Waals surface area contributed by atoms with Gasteiger partial charge in [-0.1, -0.05) is 0 Å². The molecule has 21 heavy (non-hydrogen) atoms. The Kier molecular flexibility index (Phi) is 3.19. The van der Waals surface area contributed by atoms with E-state index in [2.05, 4.69) is 31.7 Å². The van der Waals surface area contributed by atoms with Gasteiger partial charge < -0.3 is 4.98 Å². The molecule has 0 saturated carbocycles. The average molecular weight is 301 g/mol. The molecule has 0 spiro atoms. The molecule has 0 unspecified atom stereocenters. The van der Waals surface area contributed by atoms with Gasteiger partial charge in [0.25, 0.3) is 5.56 Å². The predicted molar refractivity (Wildman–Crippen MR) is 83.7 cm³/mol. The molecule has 2 aromatic rings. The van der Waals surface area contributed by atoms with Crippen LogP contribution in [-0.4, -0.2) is 27.0 Å². The van der Waals surface area contributed by atoms with Crippen molar-refractivity contribution in [2.24, 2.45) is 0 Å². The van der Waals surface area contributed by atoms with Crippen molar-refractivity contribution in [3.8, 4) is 0 Å². The van der Waals surface area contributed by atoms with Crippen LogP contribution in [0.3, 0.4) is 0 Å². The predicted octanol–water partition coefficient (Wildman–Crippen LogP) is 2.27. The van der Waals surface area contributed by atoms with Gasteiger partial charge in [-0.25, -0.2) is 4.98 Å². The van der Waals surface area contributed by atoms with Crippen molar-refractivity contribution in [3.05, 3.63) is 49.8 Å². The van der Waals surface area contributed by atoms with Crippen LogP contribution in [0.15, 0.2) is 21.6 Å². The third kappa shape index (κ3) is 2.34. The number of nitrogens with zero attached hydrogens (tertiary/aromatic N) is 2. The van der Waals surface area contributed by atoms with E-state index in [-0.39, 0.29) is 5.56 Å². The van der Waals surface area contributed by atoms with Crippen molar-refractivity contribution in [2.75, 3.05) is 0 Å². The molecule has 1 saturated heterocycles. The highest BCUT2D eigenvalue weighted by atomic mass is 32.1. The Morgan fingerprint density at radius 3 is 2.95 bits per heavy atom. The minimum absolute atomic E-state index is 0.0699. The van der Waals surface area contributed by atoms with Crippen LogP contribution in [0.5, 0.6) is 0 Å². The summed E-state index contributed by atoms with van der Waals surface area (Å²) in [6.45, 7) is 2.87. The molecule has 2 atom stereocenters. The van der Waals surface area contributed by atoms with Crippen LogP contribution in [0.25, 0.3) is 0 Å². The summed E-state index contributed by atoms with van der Waals surface area (Å²) < 4.78 is 0. The summed E-state index contributed by atoms with van der Waals surface area (Å²) in [6, 6.07) is 3.23. The first-order valence-corrected chi connectivity index (χ1v) is 8.50. The molecule has 2 aliphatic rings. The molecule has 2 aliphatic heterocycles. The normalized spacial score (nSPS) is 24.8. The third-order valence-corrected chi connectivity index (χ3v) is 5.54. The molecule has 0 aliphatic carbocycles. The van der Waals surface area contributed by atoms with Crippen LogP contribution < -0.4 is 5.56 Å². The van der Waals surface area contributed by atoms with Gasteiger partial charge >= 0.3 is 0 Å². The SMILES string of the molecule is Cc1nc2c(c(=O)[nH]1)C[C@H]1CC[C@@H](C2)N1Cc1ccsc1. The van der Waals surface area contributed by atoms with Crippen molar-refractivity contribution in [3.63, 3.8) is 0 Å². The highest BCUT2D eigenvalue weighted by Crippen LogP contribution is 2.33. The van der Waals surface area contributed by atoms with Crippen LogP contribution in [0, 0.1) is 6.92 Å². The fourth-order valence-electron chi connectivity index (χ4n) is 3.81. The third-order valence-electron chi connectivity index (χ3n) is 4.80. The van der Waals surface area contributed by atoms with Gasteiger partial charge in [0.15, 0.2) is 0 Å². The van der Waals surface area contributed by atoms with E-state index in [1.807, 2.05) is 6.92 Å². The molecular formula is C16H19N3OS. The monoisotopic (exact) mass is 301 g/mol. The van der Waals surface area contributed by atoms with Crippen molar-refractivity contribution in [1.29, 1.82) is 0 Å². The smallest absolute Gasteiger partial charge is 0.254 e. The number of fused-ring (bicyclic) bond motifs is 3. The Balaban J connectivity index is 1.68. The van der Waals surface area contributed by atoms with Gasteiger partial charge in [-0.3, -0.25) is 9.69 Å². The molecule has 4 nitrogen and oxygen atoms in total. The van der Waals surface area contributed by atoms with Gasteiger partial charge in [0.1, 0.15) is 5.82 Å². The van der Waals surface area contributed by atoms with Gasteiger partial charge in [-0.15, -0.1) is 0 Å². The maximum Gasteiger partial charge on any atom is 0.254 e. The second-order valence-corrected chi connectivity index (χ2v) is 6.95. The standard InChI is InChI=1S/C16H19N3OS/c1-10-17-15-7-13-3-2-12(6-14(15)16(20)18-10)19(13)8-11-4-5-21-9-11/h4-5,9,12-13H,2-3,6-8H2,1H3,(H,17,18,20)/t12-,13+/m1/s1. The molecule has 4 rings (SSSR count). The van der Waals surface area contributed by atoms with Crippen molar-refractivity contribution in [2.45, 2.75) is 51.2 Å². The second-order valence-electron chi connectivity index (χ2n) is 6.17. The Morgan fingerprint density at radius 1 is 1.38 bits per heavy atom. The van der Waals surface area contributed by atoms with Gasteiger partial charge in [0.05, 0.1) is 5.69 Å². The van der Waals surface area contributed by atoms with Gasteiger partial charge in [-0.05, 0) is 48.6 Å². The maximum absolute atomic E-state index is 12.2. The molecule has 1 N–H and O–H groups in total. The molecule has 0 amide bonds. The molecule has 2 aromatic heterocycles. The number of aromatic nitrogens is 2. The van der Waals surface area contributed by atoms with Crippen LogP contribution in [-0.2, 0) is 19.4 Å². The second kappa shape index (κ2) is 5.07. The number of hydrogen-bond donors (Lipinski definition) is 1. The number of thiophene rings is 1. The fraction of sp³-hybridized carbons (Fsp3) is 0.500. The summed E-state index contributed by atoms with van der Waals surface area (Å²) in [5.41, 5.74) is 3.41. The van der Waals surface area contributed by atoms with Gasteiger partial charge in [0.2, 0.25) is 0 Å². The molecular weight excluding hydrogens is 282 g/mol. The molecule has 110 valence electrons. The van der Waals surface area contributed by atoms with Crippen LogP contribution >= 0.6 is 11.3 Å². The first-order valence-electron chi connectivity index (χ1n) is 7.56. The van der Waals surface area contributed by atoms with Gasteiger partial charge in [0, 0.05) is 30.6 Å². The number of aryl methyl sites for hydroxylation is 1. The van der Waals surface area contributed by atoms with Gasteiger partial charge in [-0.2, -0.15) is 11.3 Å². The van der Waals surface area contributed by atoms with E-state index in [0.29, 0.717) is 12.1 Å². The first-order chi connectivity index (χ1) is 10.2. The molecule has 0 aromatic carbocycles. The summed E-state index contributed by atoms with van der Waals surface area (Å²) in [6.07, 6.45) is 4.18. The molecule has 1 fully saturated rings. The number of rotatable bonds is 2. The largest absolute Gasteiger partial charge is 0.311 e. The van der Waals surface area contributed by atoms with Crippen molar-refractivity contribution >= 4 is 11.3 Å². The Morgan fingerprint density at radius 2 is 2.19 bits per heavy atom.